The van der Waals surface area contributed by atoms with Gasteiger partial charge in [0.15, 0.2) is 0 Å². The van der Waals surface area contributed by atoms with Crippen LogP contribution in [0.1, 0.15) is 26.2 Å². The molecule has 0 saturated heterocycles. The van der Waals surface area contributed by atoms with Crippen molar-refractivity contribution in [3.63, 3.8) is 0 Å². The minimum atomic E-state index is -0.0559. The molecule has 6 heteroatoms. The molecule has 0 aromatic carbocycles. The number of nitrogens with zero attached hydrogens (tertiary/aromatic N) is 2. The van der Waals surface area contributed by atoms with Gasteiger partial charge in [0.25, 0.3) is 5.91 Å². The monoisotopic (exact) mass is 250 g/mol. The molecule has 2 heterocycles. The van der Waals surface area contributed by atoms with Crippen LogP contribution in [0, 0.1) is 13.8 Å². The third-order valence-electron chi connectivity index (χ3n) is 2.31. The van der Waals surface area contributed by atoms with E-state index in [4.69, 9.17) is 0 Å². The van der Waals surface area contributed by atoms with E-state index in [0.29, 0.717) is 17.8 Å². The Morgan fingerprint density at radius 1 is 1.53 bits per heavy atom. The highest BCUT2D eigenvalue weighted by molar-refractivity contribution is 7.13. The van der Waals surface area contributed by atoms with E-state index < -0.39 is 0 Å². The van der Waals surface area contributed by atoms with Crippen molar-refractivity contribution in [3.05, 3.63) is 33.8 Å². The largest absolute Gasteiger partial charge is 0.351 e. The summed E-state index contributed by atoms with van der Waals surface area (Å²) in [6.45, 7) is 4.32. The summed E-state index contributed by atoms with van der Waals surface area (Å²) in [7, 11) is 0. The first-order valence-corrected chi connectivity index (χ1v) is 6.19. The number of hydrogen-bond donors (Lipinski definition) is 2. The second kappa shape index (κ2) is 5.09. The molecule has 0 fully saturated rings. The molecule has 0 aliphatic rings. The maximum Gasteiger partial charge on any atom is 0.263 e. The smallest absolute Gasteiger partial charge is 0.263 e. The van der Waals surface area contributed by atoms with Crippen molar-refractivity contribution < 1.29 is 4.79 Å². The maximum atomic E-state index is 11.8. The van der Waals surface area contributed by atoms with Crippen molar-refractivity contribution >= 4 is 17.2 Å². The van der Waals surface area contributed by atoms with Crippen molar-refractivity contribution in [1.82, 2.24) is 20.3 Å². The molecule has 2 N–H and O–H groups in total. The molecular formula is C11H14N4OS. The normalized spacial score (nSPS) is 10.5. The molecule has 0 aliphatic carbocycles. The van der Waals surface area contributed by atoms with E-state index in [0.717, 1.165) is 16.5 Å². The van der Waals surface area contributed by atoms with Crippen molar-refractivity contribution in [1.29, 1.82) is 0 Å². The molecule has 2 aromatic heterocycles. The predicted molar refractivity (Wildman–Crippen MR) is 66.2 cm³/mol. The molecule has 0 atom stereocenters. The van der Waals surface area contributed by atoms with Gasteiger partial charge in [0.2, 0.25) is 0 Å². The second-order valence-corrected chi connectivity index (χ2v) is 4.89. The van der Waals surface area contributed by atoms with Gasteiger partial charge in [-0.2, -0.15) is 0 Å². The Bertz CT molecular complexity index is 504. The third-order valence-corrected chi connectivity index (χ3v) is 3.38. The summed E-state index contributed by atoms with van der Waals surface area (Å²) < 4.78 is 0. The Morgan fingerprint density at radius 3 is 2.94 bits per heavy atom. The van der Waals surface area contributed by atoms with Gasteiger partial charge in [0.1, 0.15) is 10.7 Å². The number of aryl methyl sites for hydroxylation is 2. The molecule has 90 valence electrons. The molecule has 0 aliphatic heterocycles. The van der Waals surface area contributed by atoms with Crippen LogP contribution in [0.5, 0.6) is 0 Å². The van der Waals surface area contributed by atoms with Crippen molar-refractivity contribution in [3.8, 4) is 0 Å². The number of imidazole rings is 1. The lowest BCUT2D eigenvalue weighted by Gasteiger charge is -2.02. The van der Waals surface area contributed by atoms with E-state index in [-0.39, 0.29) is 5.91 Å². The van der Waals surface area contributed by atoms with Gasteiger partial charge >= 0.3 is 0 Å². The Morgan fingerprint density at radius 2 is 2.35 bits per heavy atom. The SMILES string of the molecule is Cc1nc(C)c(C(=O)NCCc2ncc[nH]2)s1. The summed E-state index contributed by atoms with van der Waals surface area (Å²) in [6.07, 6.45) is 4.18. The van der Waals surface area contributed by atoms with Crippen LogP contribution in [-0.2, 0) is 6.42 Å². The Hall–Kier alpha value is -1.69. The minimum Gasteiger partial charge on any atom is -0.351 e. The van der Waals surface area contributed by atoms with Crippen LogP contribution in [0.4, 0.5) is 0 Å². The topological polar surface area (TPSA) is 70.7 Å². The molecule has 0 saturated carbocycles. The summed E-state index contributed by atoms with van der Waals surface area (Å²) >= 11 is 1.42. The highest BCUT2D eigenvalue weighted by atomic mass is 32.1. The zero-order chi connectivity index (χ0) is 12.3. The number of carbonyl (C=O) groups excluding carboxylic acids is 1. The molecule has 2 rings (SSSR count). The highest BCUT2D eigenvalue weighted by Crippen LogP contribution is 2.16. The van der Waals surface area contributed by atoms with E-state index in [2.05, 4.69) is 20.3 Å². The highest BCUT2D eigenvalue weighted by Gasteiger charge is 2.12. The van der Waals surface area contributed by atoms with Gasteiger partial charge < -0.3 is 10.3 Å². The van der Waals surface area contributed by atoms with Crippen LogP contribution in [0.15, 0.2) is 12.4 Å². The molecule has 0 unspecified atom stereocenters. The molecule has 1 amide bonds. The van der Waals surface area contributed by atoms with E-state index in [9.17, 15) is 4.79 Å². The average molecular weight is 250 g/mol. The molecule has 17 heavy (non-hydrogen) atoms. The van der Waals surface area contributed by atoms with E-state index >= 15 is 0 Å². The van der Waals surface area contributed by atoms with Crippen molar-refractivity contribution in [2.24, 2.45) is 0 Å². The van der Waals surface area contributed by atoms with Crippen LogP contribution in [0.3, 0.4) is 0 Å². The number of thiazole rings is 1. The molecule has 0 radical (unpaired) electrons. The van der Waals surface area contributed by atoms with Crippen LogP contribution in [-0.4, -0.2) is 27.4 Å². The fourth-order valence-corrected chi connectivity index (χ4v) is 2.39. The first kappa shape index (κ1) is 11.8. The lowest BCUT2D eigenvalue weighted by Crippen LogP contribution is -2.25. The van der Waals surface area contributed by atoms with E-state index in [1.807, 2.05) is 13.8 Å². The Kier molecular flexibility index (Phi) is 3.53. The summed E-state index contributed by atoms with van der Waals surface area (Å²) in [5, 5.41) is 3.78. The Labute approximate surface area is 103 Å². The molecule has 2 aromatic rings. The fourth-order valence-electron chi connectivity index (χ4n) is 1.55. The number of aromatic nitrogens is 3. The van der Waals surface area contributed by atoms with Gasteiger partial charge in [-0.15, -0.1) is 11.3 Å². The standard InChI is InChI=1S/C11H14N4OS/c1-7-10(17-8(2)15-7)11(16)14-4-3-9-12-5-6-13-9/h5-6H,3-4H2,1-2H3,(H,12,13)(H,14,16). The van der Waals surface area contributed by atoms with Gasteiger partial charge in [-0.05, 0) is 13.8 Å². The Balaban J connectivity index is 1.87. The first-order chi connectivity index (χ1) is 8.16. The number of amides is 1. The number of carbonyl (C=O) groups is 1. The first-order valence-electron chi connectivity index (χ1n) is 5.37. The van der Waals surface area contributed by atoms with Crippen molar-refractivity contribution in [2.45, 2.75) is 20.3 Å². The van der Waals surface area contributed by atoms with Gasteiger partial charge in [-0.3, -0.25) is 4.79 Å². The second-order valence-electron chi connectivity index (χ2n) is 3.69. The molecular weight excluding hydrogens is 236 g/mol. The number of hydrogen-bond acceptors (Lipinski definition) is 4. The molecule has 0 spiro atoms. The number of H-pyrrole nitrogens is 1. The van der Waals surface area contributed by atoms with Crippen molar-refractivity contribution in [2.75, 3.05) is 6.54 Å². The van der Waals surface area contributed by atoms with Gasteiger partial charge in [-0.1, -0.05) is 0 Å². The minimum absolute atomic E-state index is 0.0559. The summed E-state index contributed by atoms with van der Waals surface area (Å²) in [5.41, 5.74) is 0.794. The lowest BCUT2D eigenvalue weighted by atomic mass is 10.3. The molecule has 5 nitrogen and oxygen atoms in total. The summed E-state index contributed by atoms with van der Waals surface area (Å²) in [5.74, 6) is 0.821. The molecule has 0 bridgehead atoms. The summed E-state index contributed by atoms with van der Waals surface area (Å²) in [6, 6.07) is 0. The van der Waals surface area contributed by atoms with E-state index in [1.54, 1.807) is 12.4 Å². The quantitative estimate of drug-likeness (QED) is 0.863. The van der Waals surface area contributed by atoms with Crippen LogP contribution < -0.4 is 5.32 Å². The predicted octanol–water partition coefficient (Wildman–Crippen LogP) is 1.46. The van der Waals surface area contributed by atoms with Crippen LogP contribution in [0.25, 0.3) is 0 Å². The number of nitrogens with one attached hydrogen (secondary N) is 2. The maximum absolute atomic E-state index is 11.8. The number of aromatic amines is 1. The van der Waals surface area contributed by atoms with Crippen LogP contribution >= 0.6 is 11.3 Å². The van der Waals surface area contributed by atoms with Gasteiger partial charge in [0.05, 0.1) is 10.7 Å². The van der Waals surface area contributed by atoms with Crippen LogP contribution in [0.2, 0.25) is 0 Å². The van der Waals surface area contributed by atoms with Gasteiger partial charge in [-0.25, -0.2) is 9.97 Å². The lowest BCUT2D eigenvalue weighted by molar-refractivity contribution is 0.0957. The van der Waals surface area contributed by atoms with E-state index in [1.165, 1.54) is 11.3 Å². The third kappa shape index (κ3) is 2.91. The summed E-state index contributed by atoms with van der Waals surface area (Å²) in [4.78, 5) is 23.8. The zero-order valence-corrected chi connectivity index (χ0v) is 10.6. The fraction of sp³-hybridized carbons (Fsp3) is 0.364. The zero-order valence-electron chi connectivity index (χ0n) is 9.78. The average Bonchev–Trinajstić information content (AvgIpc) is 2.88. The number of rotatable bonds is 4. The van der Waals surface area contributed by atoms with Gasteiger partial charge in [0, 0.05) is 25.4 Å².